The molecule has 2 amide bonds. The monoisotopic (exact) mass is 495 g/mol. The number of carbonyl (C=O) groups excluding carboxylic acids is 2. The SMILES string of the molecule is C=CC(=O)N1CCC(n2nc(C#Cc3cc4ncn(C5CC5)c4c(F)c3Cl)c(C(N)=O)c2NC)C1. The first-order valence-corrected chi connectivity index (χ1v) is 11.6. The van der Waals surface area contributed by atoms with Crippen LogP contribution in [0.3, 0.4) is 0 Å². The lowest BCUT2D eigenvalue weighted by Crippen LogP contribution is -2.27. The van der Waals surface area contributed by atoms with Gasteiger partial charge >= 0.3 is 0 Å². The van der Waals surface area contributed by atoms with Crippen LogP contribution < -0.4 is 11.1 Å². The largest absolute Gasteiger partial charge is 0.373 e. The molecule has 1 atom stereocenters. The Balaban J connectivity index is 1.54. The Morgan fingerprint density at radius 3 is 2.74 bits per heavy atom. The number of rotatable bonds is 5. The van der Waals surface area contributed by atoms with E-state index in [1.807, 2.05) is 4.57 Å². The summed E-state index contributed by atoms with van der Waals surface area (Å²) in [6.45, 7) is 4.47. The minimum atomic E-state index is -0.710. The molecule has 180 valence electrons. The number of nitrogens with zero attached hydrogens (tertiary/aromatic N) is 5. The quantitative estimate of drug-likeness (QED) is 0.417. The number of aromatic nitrogens is 4. The van der Waals surface area contributed by atoms with Crippen molar-refractivity contribution in [3.8, 4) is 11.8 Å². The zero-order valence-corrected chi connectivity index (χ0v) is 19.8. The van der Waals surface area contributed by atoms with E-state index in [1.165, 1.54) is 6.08 Å². The first kappa shape index (κ1) is 22.9. The van der Waals surface area contributed by atoms with E-state index in [0.717, 1.165) is 12.8 Å². The first-order valence-electron chi connectivity index (χ1n) is 11.2. The van der Waals surface area contributed by atoms with Gasteiger partial charge < -0.3 is 20.5 Å². The fourth-order valence-electron chi connectivity index (χ4n) is 4.51. The van der Waals surface area contributed by atoms with Gasteiger partial charge in [0.05, 0.1) is 22.9 Å². The number of fused-ring (bicyclic) bond motifs is 1. The molecule has 35 heavy (non-hydrogen) atoms. The molecule has 9 nitrogen and oxygen atoms in total. The Morgan fingerprint density at radius 2 is 2.09 bits per heavy atom. The van der Waals surface area contributed by atoms with Gasteiger partial charge in [-0.1, -0.05) is 24.1 Å². The second-order valence-electron chi connectivity index (χ2n) is 8.61. The third kappa shape index (κ3) is 3.91. The molecule has 3 N–H and O–H groups in total. The number of imidazole rings is 1. The van der Waals surface area contributed by atoms with E-state index < -0.39 is 11.7 Å². The molecular weight excluding hydrogens is 473 g/mol. The van der Waals surface area contributed by atoms with Crippen molar-refractivity contribution in [3.63, 3.8) is 0 Å². The van der Waals surface area contributed by atoms with Gasteiger partial charge in [0.1, 0.15) is 16.9 Å². The summed E-state index contributed by atoms with van der Waals surface area (Å²) < 4.78 is 18.6. The van der Waals surface area contributed by atoms with E-state index in [-0.39, 0.29) is 39.8 Å². The number of benzene rings is 1. The highest BCUT2D eigenvalue weighted by Crippen LogP contribution is 2.39. The number of nitrogens with one attached hydrogen (secondary N) is 1. The zero-order chi connectivity index (χ0) is 24.9. The predicted molar refractivity (Wildman–Crippen MR) is 130 cm³/mol. The summed E-state index contributed by atoms with van der Waals surface area (Å²) in [6.07, 6.45) is 5.49. The Hall–Kier alpha value is -3.84. The summed E-state index contributed by atoms with van der Waals surface area (Å²) in [5.41, 5.74) is 6.96. The van der Waals surface area contributed by atoms with Crippen LogP contribution in [0.2, 0.25) is 5.02 Å². The molecule has 0 radical (unpaired) electrons. The minimum absolute atomic E-state index is 0.115. The fraction of sp³-hybridized carbons (Fsp3) is 0.333. The number of nitrogens with two attached hydrogens (primary N) is 1. The lowest BCUT2D eigenvalue weighted by Gasteiger charge is -2.16. The van der Waals surface area contributed by atoms with E-state index in [9.17, 15) is 9.59 Å². The van der Waals surface area contributed by atoms with E-state index in [1.54, 1.807) is 29.0 Å². The molecule has 1 aliphatic heterocycles. The molecule has 1 aliphatic carbocycles. The van der Waals surface area contributed by atoms with Gasteiger partial charge in [0, 0.05) is 31.7 Å². The number of carbonyl (C=O) groups is 2. The fourth-order valence-corrected chi connectivity index (χ4v) is 4.70. The topological polar surface area (TPSA) is 111 Å². The molecular formula is C24H23ClFN7O2. The number of hydrogen-bond acceptors (Lipinski definition) is 5. The summed E-state index contributed by atoms with van der Waals surface area (Å²) in [4.78, 5) is 30.3. The third-order valence-electron chi connectivity index (χ3n) is 6.39. The Labute approximate surface area is 205 Å². The Kier molecular flexibility index (Phi) is 5.73. The van der Waals surface area contributed by atoms with Gasteiger partial charge in [-0.15, -0.1) is 0 Å². The van der Waals surface area contributed by atoms with Gasteiger partial charge in [-0.05, 0) is 37.3 Å². The number of hydrogen-bond donors (Lipinski definition) is 2. The van der Waals surface area contributed by atoms with Crippen LogP contribution in [0.15, 0.2) is 25.0 Å². The molecule has 11 heteroatoms. The number of amides is 2. The lowest BCUT2D eigenvalue weighted by atomic mass is 10.1. The maximum atomic E-state index is 15.1. The summed E-state index contributed by atoms with van der Waals surface area (Å²) in [5, 5.41) is 7.39. The molecule has 3 aromatic rings. The number of anilines is 1. The van der Waals surface area contributed by atoms with E-state index in [4.69, 9.17) is 17.3 Å². The van der Waals surface area contributed by atoms with Crippen molar-refractivity contribution in [3.05, 3.63) is 52.7 Å². The van der Waals surface area contributed by atoms with E-state index >= 15 is 4.39 Å². The zero-order valence-electron chi connectivity index (χ0n) is 19.0. The lowest BCUT2D eigenvalue weighted by molar-refractivity contribution is -0.125. The van der Waals surface area contributed by atoms with Crippen molar-refractivity contribution in [1.82, 2.24) is 24.2 Å². The van der Waals surface area contributed by atoms with E-state index in [2.05, 4.69) is 33.8 Å². The Morgan fingerprint density at radius 1 is 1.31 bits per heavy atom. The van der Waals surface area contributed by atoms with Crippen molar-refractivity contribution in [2.45, 2.75) is 31.3 Å². The number of halogens is 2. The van der Waals surface area contributed by atoms with Crippen LogP contribution in [-0.2, 0) is 4.79 Å². The summed E-state index contributed by atoms with van der Waals surface area (Å²) in [7, 11) is 1.65. The highest BCUT2D eigenvalue weighted by molar-refractivity contribution is 6.32. The molecule has 1 unspecified atom stereocenters. The average molecular weight is 496 g/mol. The van der Waals surface area contributed by atoms with Gasteiger partial charge in [-0.25, -0.2) is 14.1 Å². The van der Waals surface area contributed by atoms with Gasteiger partial charge in [-0.3, -0.25) is 9.59 Å². The second-order valence-corrected chi connectivity index (χ2v) is 8.99. The average Bonchev–Trinajstić information content (AvgIpc) is 3.26. The third-order valence-corrected chi connectivity index (χ3v) is 6.75. The summed E-state index contributed by atoms with van der Waals surface area (Å²) >= 11 is 6.33. The normalized spacial score (nSPS) is 17.3. The van der Waals surface area contributed by atoms with Crippen LogP contribution in [0, 0.1) is 17.7 Å². The summed E-state index contributed by atoms with van der Waals surface area (Å²) in [6, 6.07) is 1.69. The van der Waals surface area contributed by atoms with Gasteiger partial charge in [0.15, 0.2) is 11.5 Å². The molecule has 1 saturated carbocycles. The van der Waals surface area contributed by atoms with Crippen LogP contribution >= 0.6 is 11.6 Å². The maximum absolute atomic E-state index is 15.1. The molecule has 2 fully saturated rings. The molecule has 2 aromatic heterocycles. The Bertz CT molecular complexity index is 1440. The number of primary amides is 1. The van der Waals surface area contributed by atoms with Crippen molar-refractivity contribution in [2.75, 3.05) is 25.5 Å². The highest BCUT2D eigenvalue weighted by atomic mass is 35.5. The molecule has 5 rings (SSSR count). The molecule has 1 saturated heterocycles. The number of likely N-dealkylation sites (tertiary alicyclic amines) is 1. The molecule has 0 spiro atoms. The van der Waals surface area contributed by atoms with Crippen molar-refractivity contribution in [1.29, 1.82) is 0 Å². The van der Waals surface area contributed by atoms with Gasteiger partial charge in [-0.2, -0.15) is 5.10 Å². The molecule has 0 bridgehead atoms. The highest BCUT2D eigenvalue weighted by Gasteiger charge is 2.31. The van der Waals surface area contributed by atoms with Crippen LogP contribution in [0.1, 0.15) is 53.0 Å². The van der Waals surface area contributed by atoms with Crippen LogP contribution in [0.4, 0.5) is 10.2 Å². The van der Waals surface area contributed by atoms with Crippen molar-refractivity contribution in [2.24, 2.45) is 5.73 Å². The second kappa shape index (κ2) is 8.74. The van der Waals surface area contributed by atoms with Crippen LogP contribution in [-0.4, -0.2) is 56.2 Å². The van der Waals surface area contributed by atoms with Gasteiger partial charge in [0.25, 0.3) is 5.91 Å². The van der Waals surface area contributed by atoms with Crippen LogP contribution in [0.25, 0.3) is 11.0 Å². The first-order chi connectivity index (χ1) is 16.8. The van der Waals surface area contributed by atoms with Crippen molar-refractivity contribution >= 4 is 40.3 Å². The van der Waals surface area contributed by atoms with Gasteiger partial charge in [0.2, 0.25) is 5.91 Å². The maximum Gasteiger partial charge on any atom is 0.255 e. The predicted octanol–water partition coefficient (Wildman–Crippen LogP) is 2.86. The molecule has 2 aliphatic rings. The standard InChI is InChI=1S/C24H23ClFN7O2/c1-3-18(34)31-9-8-15(11-31)33-24(28-2)19(23(27)35)16(30-33)7-4-13-10-17-22(21(26)20(13)25)32(12-29-17)14-5-6-14/h3,10,12,14-15,28H,1,5-6,8-9,11H2,2H3,(H2,27,35). The summed E-state index contributed by atoms with van der Waals surface area (Å²) in [5.74, 6) is 4.63. The van der Waals surface area contributed by atoms with E-state index in [0.29, 0.717) is 36.4 Å². The van der Waals surface area contributed by atoms with Crippen molar-refractivity contribution < 1.29 is 14.0 Å². The molecule has 3 heterocycles. The van der Waals surface area contributed by atoms with Crippen LogP contribution in [0.5, 0.6) is 0 Å². The smallest absolute Gasteiger partial charge is 0.255 e. The molecule has 1 aromatic carbocycles. The minimum Gasteiger partial charge on any atom is -0.373 e.